The summed E-state index contributed by atoms with van der Waals surface area (Å²) in [5.74, 6) is -122. The van der Waals surface area contributed by atoms with Crippen molar-refractivity contribution in [1.82, 2.24) is 0 Å². The van der Waals surface area contributed by atoms with Crippen molar-refractivity contribution in [2.24, 2.45) is 0 Å². The van der Waals surface area contributed by atoms with Crippen LogP contribution in [0.15, 0.2) is 0 Å². The molecule has 0 bridgehead atoms. The van der Waals surface area contributed by atoms with Crippen LogP contribution in [0.5, 0.6) is 0 Å². The molecule has 0 aliphatic heterocycles. The fraction of sp³-hybridized carbons (Fsp3) is 1.00. The highest BCUT2D eigenvalue weighted by Crippen LogP contribution is 2.66. The molecule has 4 unspecified atom stereocenters. The van der Waals surface area contributed by atoms with E-state index in [-0.39, 0.29) is 39.6 Å². The quantitative estimate of drug-likeness (QED) is 0.0460. The number of ether oxygens (including phenoxy) is 5. The zero-order valence-corrected chi connectivity index (χ0v) is 39.5. The summed E-state index contributed by atoms with van der Waals surface area (Å²) in [4.78, 5) is 0. The van der Waals surface area contributed by atoms with Crippen LogP contribution in [0.4, 0.5) is 149 Å². The van der Waals surface area contributed by atoms with Gasteiger partial charge in [-0.15, -0.1) is 0 Å². The van der Waals surface area contributed by atoms with Crippen LogP contribution in [0, 0.1) is 0 Å². The van der Waals surface area contributed by atoms with E-state index >= 15 is 0 Å². The molecule has 2 N–H and O–H groups in total. The fourth-order valence-corrected chi connectivity index (χ4v) is 7.45. The van der Waals surface area contributed by atoms with Crippen molar-refractivity contribution in [3.05, 3.63) is 0 Å². The van der Waals surface area contributed by atoms with E-state index in [0.29, 0.717) is 0 Å². The van der Waals surface area contributed by atoms with E-state index in [1.807, 2.05) is 0 Å². The van der Waals surface area contributed by atoms with E-state index in [1.54, 1.807) is 0 Å². The minimum Gasteiger partial charge on any atom is -0.390 e. The van der Waals surface area contributed by atoms with Crippen LogP contribution in [0.25, 0.3) is 0 Å². The molecular formula is C34H36F34O9S2. The van der Waals surface area contributed by atoms with Crippen molar-refractivity contribution in [2.75, 3.05) is 89.1 Å². The zero-order chi connectivity index (χ0) is 63.2. The van der Waals surface area contributed by atoms with Gasteiger partial charge in [-0.1, -0.05) is 0 Å². The SMILES string of the molecule is O=S(CCC(F)(F)C(F)(F)C(F)(F)C(F)(F)C(F)(F)C(F)(F)C(F)(F)C(F)(F)F)CC(O)COCCOCCOCCOCCOCC(O)CS(=O)CCC(F)(F)C(F)(F)C(F)(F)C(F)(F)C(F)(F)C(F)(F)C(F)(F)C(F)(F)F. The van der Waals surface area contributed by atoms with Gasteiger partial charge in [-0.3, -0.25) is 8.42 Å². The first kappa shape index (κ1) is 76.6. The van der Waals surface area contributed by atoms with Gasteiger partial charge < -0.3 is 33.9 Å². The number of aliphatic hydroxyl groups excluding tert-OH is 2. The van der Waals surface area contributed by atoms with Crippen molar-refractivity contribution >= 4 is 21.6 Å². The second-order valence-corrected chi connectivity index (χ2v) is 19.0. The van der Waals surface area contributed by atoms with Crippen LogP contribution in [-0.4, -0.2) is 215 Å². The van der Waals surface area contributed by atoms with E-state index in [1.165, 1.54) is 0 Å². The number of hydrogen-bond acceptors (Lipinski definition) is 9. The molecule has 0 heterocycles. The Morgan fingerprint density at radius 3 is 0.658 bits per heavy atom. The summed E-state index contributed by atoms with van der Waals surface area (Å²) in [5, 5.41) is 19.5. The first-order chi connectivity index (χ1) is 34.8. The van der Waals surface area contributed by atoms with E-state index < -0.39 is 191 Å². The van der Waals surface area contributed by atoms with Gasteiger partial charge in [0.15, 0.2) is 0 Å². The highest BCUT2D eigenvalue weighted by Gasteiger charge is 2.97. The highest BCUT2D eigenvalue weighted by molar-refractivity contribution is 7.85. The van der Waals surface area contributed by atoms with Crippen LogP contribution in [0.2, 0.25) is 0 Å². The maximum Gasteiger partial charge on any atom is 0.460 e. The molecule has 45 heteroatoms. The van der Waals surface area contributed by atoms with Crippen molar-refractivity contribution in [3.8, 4) is 0 Å². The summed E-state index contributed by atoms with van der Waals surface area (Å²) in [7, 11) is -6.10. The molecule has 0 aromatic carbocycles. The number of hydrogen-bond donors (Lipinski definition) is 2. The van der Waals surface area contributed by atoms with Crippen molar-refractivity contribution in [2.45, 2.75) is 120 Å². The second kappa shape index (κ2) is 26.3. The lowest BCUT2D eigenvalue weighted by atomic mass is 9.88. The van der Waals surface area contributed by atoms with Crippen LogP contribution in [0.1, 0.15) is 12.8 Å². The predicted molar refractivity (Wildman–Crippen MR) is 192 cm³/mol. The Kier molecular flexibility index (Phi) is 25.5. The molecule has 476 valence electrons. The van der Waals surface area contributed by atoms with E-state index in [0.717, 1.165) is 0 Å². The third-order valence-corrected chi connectivity index (χ3v) is 12.6. The third-order valence-electron chi connectivity index (χ3n) is 9.73. The van der Waals surface area contributed by atoms with Crippen molar-refractivity contribution in [1.29, 1.82) is 0 Å². The van der Waals surface area contributed by atoms with Crippen LogP contribution in [-0.2, 0) is 45.3 Å². The summed E-state index contributed by atoms with van der Waals surface area (Å²) >= 11 is 0. The molecule has 4 atom stereocenters. The molecule has 0 aromatic rings. The molecule has 0 aliphatic rings. The third kappa shape index (κ3) is 15.7. The molecule has 0 spiro atoms. The lowest BCUT2D eigenvalue weighted by molar-refractivity contribution is -0.461. The normalized spacial score (nSPS) is 17.1. The monoisotopic (exact) mass is 1300 g/mol. The number of halogens is 34. The van der Waals surface area contributed by atoms with Gasteiger partial charge in [0, 0.05) is 45.9 Å². The van der Waals surface area contributed by atoms with Crippen molar-refractivity contribution in [3.63, 3.8) is 0 Å². The average Bonchev–Trinajstić information content (AvgIpc) is 3.27. The Balaban J connectivity index is 4.69. The minimum absolute atomic E-state index is 0.207. The summed E-state index contributed by atoms with van der Waals surface area (Å²) in [6.45, 7) is -4.29. The largest absolute Gasteiger partial charge is 0.460 e. The van der Waals surface area contributed by atoms with Gasteiger partial charge in [0.25, 0.3) is 0 Å². The molecular weight excluding hydrogens is 1260 g/mol. The van der Waals surface area contributed by atoms with E-state index in [2.05, 4.69) is 0 Å². The molecule has 0 radical (unpaired) electrons. The van der Waals surface area contributed by atoms with Crippen LogP contribution in [0.3, 0.4) is 0 Å². The molecule has 0 rings (SSSR count). The Morgan fingerprint density at radius 1 is 0.278 bits per heavy atom. The van der Waals surface area contributed by atoms with Gasteiger partial charge in [-0.05, 0) is 0 Å². The fourth-order valence-electron chi connectivity index (χ4n) is 5.10. The smallest absolute Gasteiger partial charge is 0.390 e. The summed E-state index contributed by atoms with van der Waals surface area (Å²) in [6, 6.07) is 0. The average molecular weight is 1300 g/mol. The van der Waals surface area contributed by atoms with Crippen LogP contribution >= 0.6 is 0 Å². The zero-order valence-electron chi connectivity index (χ0n) is 37.9. The molecule has 0 fully saturated rings. The topological polar surface area (TPSA) is 121 Å². The molecule has 0 aromatic heterocycles. The molecule has 0 amide bonds. The number of alkyl halides is 34. The van der Waals surface area contributed by atoms with E-state index in [4.69, 9.17) is 23.7 Å². The highest BCUT2D eigenvalue weighted by atomic mass is 32.2. The first-order valence-corrected chi connectivity index (χ1v) is 23.1. The molecule has 0 saturated carbocycles. The Morgan fingerprint density at radius 2 is 0.456 bits per heavy atom. The number of aliphatic hydroxyl groups is 2. The number of rotatable bonds is 38. The predicted octanol–water partition coefficient (Wildman–Crippen LogP) is 10.1. The van der Waals surface area contributed by atoms with E-state index in [9.17, 15) is 168 Å². The lowest BCUT2D eigenvalue weighted by Gasteiger charge is -2.42. The molecule has 0 aliphatic carbocycles. The van der Waals surface area contributed by atoms with Gasteiger partial charge in [-0.25, -0.2) is 0 Å². The Bertz CT molecular complexity index is 1820. The molecule has 0 saturated heterocycles. The van der Waals surface area contributed by atoms with Gasteiger partial charge >= 0.3 is 95.3 Å². The maximum atomic E-state index is 14.1. The van der Waals surface area contributed by atoms with Gasteiger partial charge in [0.1, 0.15) is 0 Å². The second-order valence-electron chi connectivity index (χ2n) is 15.7. The summed E-state index contributed by atoms with van der Waals surface area (Å²) < 4.78 is 504. The van der Waals surface area contributed by atoms with Gasteiger partial charge in [0.05, 0.1) is 89.8 Å². The molecule has 79 heavy (non-hydrogen) atoms. The van der Waals surface area contributed by atoms with Crippen LogP contribution < -0.4 is 0 Å². The Hall–Kier alpha value is -2.36. The summed E-state index contributed by atoms with van der Waals surface area (Å²) in [6.07, 6.45) is -25.8. The standard InChI is InChI=1S/C34H36F34O9S2/c35-19(36,21(39,40)23(43,44)25(47,48)27(51,52)29(55,56)31(59,60)33(63,64)65)1-11-78(71)15-17(69)13-76-9-7-74-5-3-73-4-6-75-8-10-77-14-18(70)16-79(72)12-2-20(37,38)22(41,42)24(45,46)26(49,50)28(53,54)30(57,58)32(61,62)34(66,67)68/h17-18,69-70H,1-16H2. The van der Waals surface area contributed by atoms with Gasteiger partial charge in [-0.2, -0.15) is 149 Å². The lowest BCUT2D eigenvalue weighted by Crippen LogP contribution is -2.74. The first-order valence-electron chi connectivity index (χ1n) is 20.2. The minimum atomic E-state index is -8.82. The molecule has 9 nitrogen and oxygen atoms in total. The Labute approximate surface area is 422 Å². The van der Waals surface area contributed by atoms with Gasteiger partial charge in [0.2, 0.25) is 0 Å². The summed E-state index contributed by atoms with van der Waals surface area (Å²) in [5.41, 5.74) is 0. The maximum absolute atomic E-state index is 14.1. The van der Waals surface area contributed by atoms with Crippen molar-refractivity contribution < 1.29 is 192 Å².